The maximum atomic E-state index is 13.3. The first-order valence-corrected chi connectivity index (χ1v) is 9.43. The number of hydrogen-bond donors (Lipinski definition) is 0. The lowest BCUT2D eigenvalue weighted by Crippen LogP contribution is -2.40. The second kappa shape index (κ2) is 7.38. The smallest absolute Gasteiger partial charge is 0.335 e. The number of rotatable bonds is 6. The lowest BCUT2D eigenvalue weighted by Gasteiger charge is -2.29. The van der Waals surface area contributed by atoms with E-state index in [0.29, 0.717) is 5.75 Å². The highest BCUT2D eigenvalue weighted by molar-refractivity contribution is 8.00. The normalized spacial score (nSPS) is 18.5. The molecule has 0 N–H and O–H groups in total. The monoisotopic (exact) mass is 367 g/mol. The molecule has 1 aliphatic heterocycles. The van der Waals surface area contributed by atoms with Crippen molar-refractivity contribution in [3.05, 3.63) is 77.9 Å². The third-order valence-corrected chi connectivity index (χ3v) is 6.05. The van der Waals surface area contributed by atoms with Crippen molar-refractivity contribution in [2.75, 3.05) is 18.6 Å². The van der Waals surface area contributed by atoms with Gasteiger partial charge in [0.1, 0.15) is 0 Å². The summed E-state index contributed by atoms with van der Waals surface area (Å²) in [5.74, 6) is -0.128. The summed E-state index contributed by atoms with van der Waals surface area (Å²) in [5.41, 5.74) is 2.82. The van der Waals surface area contributed by atoms with Crippen molar-refractivity contribution in [3.8, 4) is 0 Å². The molecule has 0 fully saturated rings. The summed E-state index contributed by atoms with van der Waals surface area (Å²) in [6.45, 7) is 5.96. The van der Waals surface area contributed by atoms with E-state index < -0.39 is 10.7 Å². The molecule has 4 nitrogen and oxygen atoms in total. The topological polar surface area (TPSA) is 46.6 Å². The second-order valence-electron chi connectivity index (χ2n) is 6.04. The van der Waals surface area contributed by atoms with Gasteiger partial charge in [-0.2, -0.15) is 0 Å². The molecule has 3 rings (SSSR count). The first kappa shape index (κ1) is 18.3. The van der Waals surface area contributed by atoms with Crippen molar-refractivity contribution in [2.45, 2.75) is 17.4 Å². The Kier molecular flexibility index (Phi) is 5.18. The number of likely N-dealkylation sites (N-methyl/N-ethyl adjacent to an activating group) is 1. The van der Waals surface area contributed by atoms with E-state index >= 15 is 0 Å². The van der Waals surface area contributed by atoms with Crippen LogP contribution in [0.5, 0.6) is 0 Å². The molecule has 1 amide bonds. The fourth-order valence-electron chi connectivity index (χ4n) is 3.17. The van der Waals surface area contributed by atoms with Gasteiger partial charge in [0.05, 0.1) is 12.2 Å². The molecule has 0 aromatic heterocycles. The van der Waals surface area contributed by atoms with Crippen molar-refractivity contribution in [3.63, 3.8) is 0 Å². The molecule has 2 aromatic carbocycles. The van der Waals surface area contributed by atoms with Gasteiger partial charge in [0.2, 0.25) is 0 Å². The van der Waals surface area contributed by atoms with Gasteiger partial charge in [0.15, 0.2) is 4.75 Å². The van der Waals surface area contributed by atoms with E-state index in [1.165, 1.54) is 11.8 Å². The van der Waals surface area contributed by atoms with Crippen LogP contribution in [-0.2, 0) is 24.8 Å². The van der Waals surface area contributed by atoms with E-state index in [4.69, 9.17) is 4.74 Å². The highest BCUT2D eigenvalue weighted by atomic mass is 32.2. The number of amides is 1. The number of anilines is 1. The number of para-hydroxylation sites is 1. The minimum atomic E-state index is -1.17. The molecule has 5 heteroatoms. The lowest BCUT2D eigenvalue weighted by atomic mass is 9.92. The molecule has 0 saturated heterocycles. The van der Waals surface area contributed by atoms with Crippen LogP contribution in [0.15, 0.2) is 66.7 Å². The number of hydrogen-bond acceptors (Lipinski definition) is 4. The Bertz CT molecular complexity index is 849. The number of benzene rings is 2. The summed E-state index contributed by atoms with van der Waals surface area (Å²) in [6, 6.07) is 17.4. The largest absolute Gasteiger partial charge is 0.463 e. The average molecular weight is 367 g/mol. The number of thioether (sulfide) groups is 1. The number of ether oxygens (including phenoxy) is 1. The molecular formula is C21H21NO3S. The van der Waals surface area contributed by atoms with Crippen molar-refractivity contribution in [1.82, 2.24) is 0 Å². The standard InChI is InChI=1S/C21H21NO3S/c1-4-25-19(23)15(2)21(26-14-16-10-6-5-7-11-16)17-12-8-9-13-18(17)22(3)20(21)24/h5-13H,2,4,14H2,1,3H3. The van der Waals surface area contributed by atoms with Crippen molar-refractivity contribution in [1.29, 1.82) is 0 Å². The van der Waals surface area contributed by atoms with Crippen LogP contribution >= 0.6 is 11.8 Å². The molecule has 1 aliphatic rings. The van der Waals surface area contributed by atoms with Gasteiger partial charge in [0.25, 0.3) is 5.91 Å². The van der Waals surface area contributed by atoms with Gasteiger partial charge in [-0.25, -0.2) is 4.79 Å². The summed E-state index contributed by atoms with van der Waals surface area (Å²) >= 11 is 1.41. The Balaban J connectivity index is 2.06. The van der Waals surface area contributed by atoms with Gasteiger partial charge in [0, 0.05) is 24.1 Å². The quantitative estimate of drug-likeness (QED) is 0.574. The zero-order valence-corrected chi connectivity index (χ0v) is 15.7. The van der Waals surface area contributed by atoms with E-state index in [2.05, 4.69) is 6.58 Å². The molecule has 0 bridgehead atoms. The van der Waals surface area contributed by atoms with E-state index in [1.807, 2.05) is 54.6 Å². The zero-order valence-electron chi connectivity index (χ0n) is 14.9. The summed E-state index contributed by atoms with van der Waals surface area (Å²) in [7, 11) is 1.73. The van der Waals surface area contributed by atoms with Crippen LogP contribution in [0.1, 0.15) is 18.1 Å². The number of nitrogens with zero attached hydrogens (tertiary/aromatic N) is 1. The third kappa shape index (κ3) is 2.92. The number of carbonyl (C=O) groups is 2. The molecule has 1 atom stereocenters. The van der Waals surface area contributed by atoms with Crippen molar-refractivity contribution < 1.29 is 14.3 Å². The molecule has 0 aliphatic carbocycles. The molecule has 134 valence electrons. The van der Waals surface area contributed by atoms with Gasteiger partial charge >= 0.3 is 5.97 Å². The summed E-state index contributed by atoms with van der Waals surface area (Å²) in [5, 5.41) is 0. The van der Waals surface area contributed by atoms with Crippen LogP contribution in [0.25, 0.3) is 0 Å². The van der Waals surface area contributed by atoms with Crippen molar-refractivity contribution in [2.24, 2.45) is 0 Å². The predicted octanol–water partition coefficient (Wildman–Crippen LogP) is 3.91. The van der Waals surface area contributed by atoms with Crippen LogP contribution in [0, 0.1) is 0 Å². The van der Waals surface area contributed by atoms with Gasteiger partial charge in [-0.1, -0.05) is 55.1 Å². The lowest BCUT2D eigenvalue weighted by molar-refractivity contribution is -0.139. The summed E-state index contributed by atoms with van der Waals surface area (Å²) in [4.78, 5) is 27.4. The minimum Gasteiger partial charge on any atom is -0.463 e. The van der Waals surface area contributed by atoms with Crippen LogP contribution in [0.4, 0.5) is 5.69 Å². The van der Waals surface area contributed by atoms with Gasteiger partial charge in [-0.05, 0) is 18.6 Å². The van der Waals surface area contributed by atoms with Crippen LogP contribution < -0.4 is 4.90 Å². The maximum Gasteiger partial charge on any atom is 0.335 e. The highest BCUT2D eigenvalue weighted by Crippen LogP contribution is 2.53. The van der Waals surface area contributed by atoms with Crippen LogP contribution in [0.2, 0.25) is 0 Å². The van der Waals surface area contributed by atoms with Crippen molar-refractivity contribution >= 4 is 29.3 Å². The molecular weight excluding hydrogens is 346 g/mol. The second-order valence-corrected chi connectivity index (χ2v) is 7.23. The molecule has 1 unspecified atom stereocenters. The predicted molar refractivity (Wildman–Crippen MR) is 105 cm³/mol. The maximum absolute atomic E-state index is 13.3. The van der Waals surface area contributed by atoms with Gasteiger partial charge in [-0.3, -0.25) is 4.79 Å². The number of esters is 1. The Morgan fingerprint density at radius 2 is 1.81 bits per heavy atom. The Hall–Kier alpha value is -2.53. The Labute approximate surface area is 157 Å². The van der Waals surface area contributed by atoms with E-state index in [0.717, 1.165) is 16.8 Å². The molecule has 1 heterocycles. The molecule has 26 heavy (non-hydrogen) atoms. The van der Waals surface area contributed by atoms with E-state index in [-0.39, 0.29) is 18.1 Å². The summed E-state index contributed by atoms with van der Waals surface area (Å²) < 4.78 is 4.00. The van der Waals surface area contributed by atoms with Gasteiger partial charge in [-0.15, -0.1) is 11.8 Å². The highest BCUT2D eigenvalue weighted by Gasteiger charge is 2.54. The van der Waals surface area contributed by atoms with Crippen LogP contribution in [-0.4, -0.2) is 25.5 Å². The van der Waals surface area contributed by atoms with E-state index in [9.17, 15) is 9.59 Å². The minimum absolute atomic E-state index is 0.169. The fraction of sp³-hybridized carbons (Fsp3) is 0.238. The van der Waals surface area contributed by atoms with E-state index in [1.54, 1.807) is 18.9 Å². The molecule has 2 aromatic rings. The fourth-order valence-corrected chi connectivity index (χ4v) is 4.59. The summed E-state index contributed by atoms with van der Waals surface area (Å²) in [6.07, 6.45) is 0. The van der Waals surface area contributed by atoms with Gasteiger partial charge < -0.3 is 9.64 Å². The molecule has 0 saturated carbocycles. The Morgan fingerprint density at radius 3 is 2.50 bits per heavy atom. The SMILES string of the molecule is C=C(C(=O)OCC)C1(SCc2ccccc2)C(=O)N(C)c2ccccc21. The molecule has 0 spiro atoms. The zero-order chi connectivity index (χ0) is 18.7. The first-order chi connectivity index (χ1) is 12.5. The van der Waals surface area contributed by atoms with Crippen LogP contribution in [0.3, 0.4) is 0 Å². The number of carbonyl (C=O) groups excluding carboxylic acids is 2. The molecule has 0 radical (unpaired) electrons. The Morgan fingerprint density at radius 1 is 1.15 bits per heavy atom. The average Bonchev–Trinajstić information content (AvgIpc) is 2.89. The third-order valence-electron chi connectivity index (χ3n) is 4.50. The first-order valence-electron chi connectivity index (χ1n) is 8.44. The number of fused-ring (bicyclic) bond motifs is 1.